The lowest BCUT2D eigenvalue weighted by Gasteiger charge is -1.88. The molecule has 0 saturated heterocycles. The number of nitrogens with zero attached hydrogens (tertiary/aromatic N) is 1. The van der Waals surface area contributed by atoms with Gasteiger partial charge in [-0.2, -0.15) is 0 Å². The average Bonchev–Trinajstić information content (AvgIpc) is 2.03. The number of hydrogen-bond acceptors (Lipinski definition) is 4. The maximum Gasteiger partial charge on any atom is 0.255 e. The summed E-state index contributed by atoms with van der Waals surface area (Å²) in [5.41, 5.74) is 0. The van der Waals surface area contributed by atoms with Gasteiger partial charge in [0.15, 0.2) is 18.9 Å². The third-order valence-corrected chi connectivity index (χ3v) is 1.14. The van der Waals surface area contributed by atoms with E-state index in [-0.39, 0.29) is 6.61 Å². The van der Waals surface area contributed by atoms with E-state index in [1.165, 1.54) is 0 Å². The van der Waals surface area contributed by atoms with Crippen LogP contribution >= 0.6 is 0 Å². The Morgan fingerprint density at radius 3 is 2.07 bits per heavy atom. The van der Waals surface area contributed by atoms with Crippen molar-refractivity contribution in [2.75, 3.05) is 6.61 Å². The Kier molecular flexibility index (Phi) is 5.93. The fourth-order valence-corrected chi connectivity index (χ4v) is 0.699. The Labute approximate surface area is 81.5 Å². The van der Waals surface area contributed by atoms with E-state index in [0.29, 0.717) is 6.54 Å². The van der Waals surface area contributed by atoms with E-state index in [2.05, 4.69) is 0 Å². The van der Waals surface area contributed by atoms with E-state index >= 15 is 0 Å². The highest BCUT2D eigenvalue weighted by Crippen LogP contribution is 1.75. The third kappa shape index (κ3) is 11.0. The molecule has 1 rings (SSSR count). The Balaban J connectivity index is 0.000000292. The molecule has 14 heavy (non-hydrogen) atoms. The van der Waals surface area contributed by atoms with E-state index in [9.17, 15) is 3.89 Å². The number of rotatable bonds is 2. The summed E-state index contributed by atoms with van der Waals surface area (Å²) in [6, 6.07) is 5.83. The summed E-state index contributed by atoms with van der Waals surface area (Å²) < 4.78 is 37.3. The Morgan fingerprint density at radius 1 is 1.29 bits per heavy atom. The summed E-state index contributed by atoms with van der Waals surface area (Å²) in [6.45, 7) is 0.884. The quantitative estimate of drug-likeness (QED) is 0.411. The van der Waals surface area contributed by atoms with Gasteiger partial charge in [0.05, 0.1) is 0 Å². The molecule has 0 aromatic carbocycles. The van der Waals surface area contributed by atoms with Crippen LogP contribution in [0.4, 0.5) is 3.89 Å². The molecular formula is C7H10FNO4S. The van der Waals surface area contributed by atoms with Crippen molar-refractivity contribution in [3.8, 4) is 0 Å². The summed E-state index contributed by atoms with van der Waals surface area (Å²) >= 11 is 0. The number of halogens is 1. The molecule has 1 heterocycles. The molecule has 0 amide bonds. The lowest BCUT2D eigenvalue weighted by Crippen LogP contribution is -2.33. The molecule has 0 atom stereocenters. The maximum absolute atomic E-state index is 10.1. The van der Waals surface area contributed by atoms with Crippen LogP contribution in [0.3, 0.4) is 0 Å². The first-order chi connectivity index (χ1) is 6.43. The van der Waals surface area contributed by atoms with Gasteiger partial charge >= 0.3 is 0 Å². The molecule has 0 aliphatic rings. The van der Waals surface area contributed by atoms with Gasteiger partial charge < -0.3 is 9.66 Å². The van der Waals surface area contributed by atoms with Gasteiger partial charge in [-0.15, -0.1) is 3.89 Å². The van der Waals surface area contributed by atoms with Crippen LogP contribution in [0, 0.1) is 0 Å². The van der Waals surface area contributed by atoms with Crippen molar-refractivity contribution in [3.05, 3.63) is 30.6 Å². The molecule has 0 radical (unpaired) electrons. The van der Waals surface area contributed by atoms with E-state index in [1.54, 1.807) is 0 Å². The monoisotopic (exact) mass is 223 g/mol. The summed E-state index contributed by atoms with van der Waals surface area (Å²) in [5, 5.41) is 8.50. The molecule has 0 spiro atoms. The van der Waals surface area contributed by atoms with Crippen molar-refractivity contribution in [2.24, 2.45) is 0 Å². The molecule has 0 saturated carbocycles. The minimum atomic E-state index is -5.42. The van der Waals surface area contributed by atoms with Crippen LogP contribution in [-0.4, -0.2) is 24.7 Å². The lowest BCUT2D eigenvalue weighted by atomic mass is 10.5. The molecule has 0 aliphatic carbocycles. The van der Waals surface area contributed by atoms with Gasteiger partial charge in [0.25, 0.3) is 10.5 Å². The number of hydrogen-bond donors (Lipinski definition) is 1. The zero-order valence-corrected chi connectivity index (χ0v) is 8.02. The number of pyridine rings is 1. The molecule has 0 unspecified atom stereocenters. The first-order valence-electron chi connectivity index (χ1n) is 3.64. The second-order valence-corrected chi connectivity index (χ2v) is 3.02. The fourth-order valence-electron chi connectivity index (χ4n) is 0.699. The summed E-state index contributed by atoms with van der Waals surface area (Å²) in [7, 11) is -5.42. The van der Waals surface area contributed by atoms with Crippen molar-refractivity contribution in [3.63, 3.8) is 0 Å². The van der Waals surface area contributed by atoms with E-state index in [0.717, 1.165) is 0 Å². The van der Waals surface area contributed by atoms with Crippen LogP contribution in [0.1, 0.15) is 0 Å². The predicted octanol–water partition coefficient (Wildman–Crippen LogP) is -0.618. The second-order valence-electron chi connectivity index (χ2n) is 2.23. The van der Waals surface area contributed by atoms with E-state index in [1.807, 2.05) is 35.2 Å². The molecule has 5 nitrogen and oxygen atoms in total. The normalized spacial score (nSPS) is 10.2. The first kappa shape index (κ1) is 12.9. The summed E-state index contributed by atoms with van der Waals surface area (Å²) in [5.74, 6) is 0. The van der Waals surface area contributed by atoms with Crippen molar-refractivity contribution in [1.29, 1.82) is 0 Å². The molecule has 80 valence electrons. The van der Waals surface area contributed by atoms with Gasteiger partial charge in [0.2, 0.25) is 0 Å². The Morgan fingerprint density at radius 2 is 1.71 bits per heavy atom. The number of aliphatic hydroxyl groups is 1. The van der Waals surface area contributed by atoms with Crippen molar-refractivity contribution in [1.82, 2.24) is 0 Å². The molecule has 1 N–H and O–H groups in total. The number of aromatic nitrogens is 1. The van der Waals surface area contributed by atoms with Gasteiger partial charge in [-0.05, 0) is 0 Å². The Hall–Kier alpha value is -1.05. The second kappa shape index (κ2) is 6.41. The van der Waals surface area contributed by atoms with Crippen LogP contribution in [-0.2, 0) is 17.0 Å². The Bertz CT molecular complexity index is 332. The van der Waals surface area contributed by atoms with Gasteiger partial charge in [0.1, 0.15) is 6.61 Å². The topological polar surface area (TPSA) is 81.3 Å². The average molecular weight is 223 g/mol. The molecule has 0 aliphatic heterocycles. The van der Waals surface area contributed by atoms with Crippen LogP contribution in [0.25, 0.3) is 0 Å². The largest absolute Gasteiger partial charge is 0.722 e. The van der Waals surface area contributed by atoms with Crippen LogP contribution in [0.5, 0.6) is 0 Å². The van der Waals surface area contributed by atoms with Crippen molar-refractivity contribution in [2.45, 2.75) is 6.54 Å². The molecule has 7 heteroatoms. The summed E-state index contributed by atoms with van der Waals surface area (Å²) in [4.78, 5) is 0. The van der Waals surface area contributed by atoms with Crippen LogP contribution < -0.4 is 4.57 Å². The lowest BCUT2D eigenvalue weighted by molar-refractivity contribution is -0.698. The van der Waals surface area contributed by atoms with Crippen LogP contribution in [0.15, 0.2) is 30.6 Å². The first-order valence-corrected chi connectivity index (χ1v) is 4.95. The van der Waals surface area contributed by atoms with Crippen LogP contribution in [0.2, 0.25) is 0 Å². The van der Waals surface area contributed by atoms with Crippen molar-refractivity contribution >= 4 is 10.5 Å². The van der Waals surface area contributed by atoms with Crippen molar-refractivity contribution < 1.29 is 26.5 Å². The molecule has 1 aromatic heterocycles. The standard InChI is InChI=1S/C7H10NO.FHO3S/c9-7-6-8-4-2-1-3-5-8;1-5(2,3)4/h1-5,9H,6-7H2;(H,2,3,4)/q+1;/p-1. The SMILES string of the molecule is O=S(=O)([O-])F.OCC[n+]1ccccc1. The zero-order valence-electron chi connectivity index (χ0n) is 7.21. The third-order valence-electron chi connectivity index (χ3n) is 1.14. The zero-order chi connectivity index (χ0) is 11.0. The van der Waals surface area contributed by atoms with E-state index < -0.39 is 10.5 Å². The van der Waals surface area contributed by atoms with E-state index in [4.69, 9.17) is 18.1 Å². The molecular weight excluding hydrogens is 213 g/mol. The van der Waals surface area contributed by atoms with Gasteiger partial charge in [0, 0.05) is 12.1 Å². The highest BCUT2D eigenvalue weighted by molar-refractivity contribution is 7.80. The molecule has 0 fully saturated rings. The highest BCUT2D eigenvalue weighted by Gasteiger charge is 1.91. The maximum atomic E-state index is 10.1. The highest BCUT2D eigenvalue weighted by atomic mass is 32.3. The predicted molar refractivity (Wildman–Crippen MR) is 44.5 cm³/mol. The van der Waals surface area contributed by atoms with Gasteiger partial charge in [-0.1, -0.05) is 6.07 Å². The van der Waals surface area contributed by atoms with Gasteiger partial charge in [-0.3, -0.25) is 0 Å². The molecule has 0 bridgehead atoms. The van der Waals surface area contributed by atoms with Gasteiger partial charge in [-0.25, -0.2) is 13.0 Å². The minimum Gasteiger partial charge on any atom is -0.722 e. The summed E-state index contributed by atoms with van der Waals surface area (Å²) in [6.07, 6.45) is 3.85. The minimum absolute atomic E-state index is 0.203. The number of aliphatic hydroxyl groups excluding tert-OH is 1. The molecule has 1 aromatic rings. The smallest absolute Gasteiger partial charge is 0.255 e. The fraction of sp³-hybridized carbons (Fsp3) is 0.286.